The Hall–Kier alpha value is -1.85. The highest BCUT2D eigenvalue weighted by Gasteiger charge is 2.17. The molecule has 0 saturated heterocycles. The van der Waals surface area contributed by atoms with Crippen molar-refractivity contribution < 1.29 is 4.92 Å². The fraction of sp³-hybridized carbons (Fsp3) is 0.333. The number of nitro groups is 1. The van der Waals surface area contributed by atoms with E-state index < -0.39 is 4.92 Å². The molecule has 0 saturated carbocycles. The summed E-state index contributed by atoms with van der Waals surface area (Å²) in [7, 11) is 0. The van der Waals surface area contributed by atoms with Crippen molar-refractivity contribution in [2.24, 2.45) is 5.73 Å². The molecule has 0 aliphatic rings. The molecule has 1 aromatic carbocycles. The van der Waals surface area contributed by atoms with Crippen molar-refractivity contribution in [3.63, 3.8) is 0 Å². The summed E-state index contributed by atoms with van der Waals surface area (Å²) in [6.45, 7) is 2.44. The average molecular weight is 308 g/mol. The molecule has 0 aliphatic heterocycles. The Morgan fingerprint density at radius 1 is 1.43 bits per heavy atom. The van der Waals surface area contributed by atoms with Gasteiger partial charge in [0.1, 0.15) is 0 Å². The number of nitro benzene ring substituents is 1. The maximum atomic E-state index is 11.1. The fourth-order valence-corrected chi connectivity index (χ4v) is 2.54. The molecule has 0 fully saturated rings. The Morgan fingerprint density at radius 2 is 2.19 bits per heavy atom. The molecule has 1 atom stereocenters. The summed E-state index contributed by atoms with van der Waals surface area (Å²) >= 11 is 6.10. The largest absolute Gasteiger partial charge is 0.349 e. The van der Waals surface area contributed by atoms with E-state index in [1.807, 2.05) is 23.0 Å². The summed E-state index contributed by atoms with van der Waals surface area (Å²) in [5.74, 6) is 0. The molecular formula is C15H18ClN3O2. The van der Waals surface area contributed by atoms with Gasteiger partial charge in [-0.25, -0.2) is 0 Å². The van der Waals surface area contributed by atoms with Crippen molar-refractivity contribution in [1.29, 1.82) is 0 Å². The molecule has 6 heteroatoms. The summed E-state index contributed by atoms with van der Waals surface area (Å²) < 4.78 is 1.87. The van der Waals surface area contributed by atoms with Crippen LogP contribution in [0, 0.1) is 10.1 Å². The summed E-state index contributed by atoms with van der Waals surface area (Å²) in [5, 5.41) is 11.5. The van der Waals surface area contributed by atoms with Crippen LogP contribution in [0.3, 0.4) is 0 Å². The fourth-order valence-electron chi connectivity index (χ4n) is 2.31. The number of nitrogens with two attached hydrogens (primary N) is 1. The minimum Gasteiger partial charge on any atom is -0.349 e. The molecule has 2 rings (SSSR count). The molecule has 1 heterocycles. The van der Waals surface area contributed by atoms with Crippen LogP contribution in [0.2, 0.25) is 5.02 Å². The van der Waals surface area contributed by atoms with Crippen LogP contribution in [0.25, 0.3) is 0 Å². The molecule has 5 nitrogen and oxygen atoms in total. The molecule has 0 radical (unpaired) electrons. The number of nitrogens with zero attached hydrogens (tertiary/aromatic N) is 2. The lowest BCUT2D eigenvalue weighted by molar-refractivity contribution is -0.385. The van der Waals surface area contributed by atoms with E-state index >= 15 is 0 Å². The highest BCUT2D eigenvalue weighted by atomic mass is 35.5. The number of halogens is 1. The van der Waals surface area contributed by atoms with Gasteiger partial charge in [0.05, 0.1) is 22.1 Å². The second-order valence-corrected chi connectivity index (χ2v) is 5.41. The quantitative estimate of drug-likeness (QED) is 0.649. The number of hydrogen-bond donors (Lipinski definition) is 1. The maximum Gasteiger partial charge on any atom is 0.275 e. The molecule has 0 spiro atoms. The highest BCUT2D eigenvalue weighted by Crippen LogP contribution is 2.27. The van der Waals surface area contributed by atoms with Crippen molar-refractivity contribution in [2.75, 3.05) is 0 Å². The molecular weight excluding hydrogens is 290 g/mol. The lowest BCUT2D eigenvalue weighted by Gasteiger charge is -2.08. The lowest BCUT2D eigenvalue weighted by Crippen LogP contribution is -2.09. The van der Waals surface area contributed by atoms with Gasteiger partial charge in [-0.3, -0.25) is 10.1 Å². The van der Waals surface area contributed by atoms with Gasteiger partial charge in [0.15, 0.2) is 0 Å². The van der Waals surface area contributed by atoms with Gasteiger partial charge in [0.25, 0.3) is 5.69 Å². The normalized spacial score (nSPS) is 12.3. The molecule has 0 amide bonds. The zero-order valence-electron chi connectivity index (χ0n) is 11.8. The van der Waals surface area contributed by atoms with Crippen LogP contribution in [0.5, 0.6) is 0 Å². The lowest BCUT2D eigenvalue weighted by atomic mass is 10.1. The third-order valence-electron chi connectivity index (χ3n) is 3.43. The third-order valence-corrected chi connectivity index (χ3v) is 3.79. The maximum absolute atomic E-state index is 11.1. The zero-order valence-corrected chi connectivity index (χ0v) is 12.6. The average Bonchev–Trinajstić information content (AvgIpc) is 2.90. The Bertz CT molecular complexity index is 640. The Kier molecular flexibility index (Phi) is 4.98. The van der Waals surface area contributed by atoms with E-state index in [9.17, 15) is 10.1 Å². The van der Waals surface area contributed by atoms with E-state index in [-0.39, 0.29) is 11.7 Å². The molecule has 2 aromatic rings. The molecule has 1 aromatic heterocycles. The molecule has 2 N–H and O–H groups in total. The minimum absolute atomic E-state index is 0.00233. The van der Waals surface area contributed by atoms with Crippen LogP contribution in [-0.4, -0.2) is 9.49 Å². The smallest absolute Gasteiger partial charge is 0.275 e. The van der Waals surface area contributed by atoms with E-state index in [0.29, 0.717) is 17.1 Å². The second-order valence-electron chi connectivity index (χ2n) is 5.01. The molecule has 21 heavy (non-hydrogen) atoms. The third kappa shape index (κ3) is 3.62. The molecule has 0 aliphatic carbocycles. The van der Waals surface area contributed by atoms with Crippen molar-refractivity contribution in [3.8, 4) is 0 Å². The van der Waals surface area contributed by atoms with Gasteiger partial charge in [-0.2, -0.15) is 0 Å². The summed E-state index contributed by atoms with van der Waals surface area (Å²) in [6.07, 6.45) is 5.73. The number of hydrogen-bond acceptors (Lipinski definition) is 3. The number of aromatic nitrogens is 1. The van der Waals surface area contributed by atoms with Crippen molar-refractivity contribution >= 4 is 17.3 Å². The first-order valence-electron chi connectivity index (χ1n) is 6.86. The first kappa shape index (κ1) is 15.5. The number of benzene rings is 1. The summed E-state index contributed by atoms with van der Waals surface area (Å²) in [6, 6.07) is 6.66. The van der Waals surface area contributed by atoms with Crippen LogP contribution in [0.1, 0.15) is 36.9 Å². The zero-order chi connectivity index (χ0) is 15.4. The van der Waals surface area contributed by atoms with Crippen molar-refractivity contribution in [2.45, 2.75) is 32.4 Å². The van der Waals surface area contributed by atoms with E-state index in [0.717, 1.165) is 18.4 Å². The van der Waals surface area contributed by atoms with Gasteiger partial charge in [-0.15, -0.1) is 0 Å². The van der Waals surface area contributed by atoms with E-state index in [4.69, 9.17) is 17.3 Å². The Balaban J connectivity index is 2.25. The van der Waals surface area contributed by atoms with E-state index in [1.54, 1.807) is 12.1 Å². The monoisotopic (exact) mass is 307 g/mol. The van der Waals surface area contributed by atoms with E-state index in [2.05, 4.69) is 6.92 Å². The van der Waals surface area contributed by atoms with Gasteiger partial charge < -0.3 is 10.3 Å². The SMILES string of the molecule is CCCC(N)c1ccn(Cc2c(Cl)cccc2[N+](=O)[O-])c1. The van der Waals surface area contributed by atoms with Gasteiger partial charge in [-0.1, -0.05) is 31.0 Å². The predicted octanol–water partition coefficient (Wildman–Crippen LogP) is 3.90. The van der Waals surface area contributed by atoms with Crippen molar-refractivity contribution in [3.05, 3.63) is 62.9 Å². The van der Waals surface area contributed by atoms with Crippen LogP contribution in [-0.2, 0) is 6.54 Å². The topological polar surface area (TPSA) is 74.1 Å². The van der Waals surface area contributed by atoms with E-state index in [1.165, 1.54) is 6.07 Å². The van der Waals surface area contributed by atoms with Crippen LogP contribution >= 0.6 is 11.6 Å². The first-order chi connectivity index (χ1) is 10.0. The Labute approximate surface area is 128 Å². The first-order valence-corrected chi connectivity index (χ1v) is 7.23. The number of rotatable bonds is 6. The Morgan fingerprint density at radius 3 is 2.86 bits per heavy atom. The standard InChI is InChI=1S/C15H18ClN3O2/c1-2-4-14(17)11-7-8-18(9-11)10-12-13(16)5-3-6-15(12)19(20)21/h3,5-9,14H,2,4,10,17H2,1H3. The van der Waals surface area contributed by atoms with Crippen LogP contribution in [0.15, 0.2) is 36.7 Å². The van der Waals surface area contributed by atoms with Gasteiger partial charge in [0.2, 0.25) is 0 Å². The highest BCUT2D eigenvalue weighted by molar-refractivity contribution is 6.31. The summed E-state index contributed by atoms with van der Waals surface area (Å²) in [4.78, 5) is 10.7. The van der Waals surface area contributed by atoms with Gasteiger partial charge >= 0.3 is 0 Å². The van der Waals surface area contributed by atoms with Gasteiger partial charge in [-0.05, 0) is 24.1 Å². The van der Waals surface area contributed by atoms with Crippen LogP contribution in [0.4, 0.5) is 5.69 Å². The molecule has 0 bridgehead atoms. The summed E-state index contributed by atoms with van der Waals surface area (Å²) in [5.41, 5.74) is 7.65. The van der Waals surface area contributed by atoms with Gasteiger partial charge in [0, 0.05) is 24.5 Å². The second kappa shape index (κ2) is 6.74. The molecule has 112 valence electrons. The van der Waals surface area contributed by atoms with Crippen molar-refractivity contribution in [1.82, 2.24) is 4.57 Å². The minimum atomic E-state index is -0.408. The molecule has 1 unspecified atom stereocenters. The predicted molar refractivity (Wildman–Crippen MR) is 83.5 cm³/mol. The van der Waals surface area contributed by atoms with Crippen LogP contribution < -0.4 is 5.73 Å².